The summed E-state index contributed by atoms with van der Waals surface area (Å²) in [5.74, 6) is -0.444. The first-order valence-electron chi connectivity index (χ1n) is 6.25. The Balaban J connectivity index is 1.93. The van der Waals surface area contributed by atoms with Crippen LogP contribution in [-0.4, -0.2) is 24.9 Å². The summed E-state index contributed by atoms with van der Waals surface area (Å²) in [6.45, 7) is 0.313. The summed E-state index contributed by atoms with van der Waals surface area (Å²) in [4.78, 5) is 11.8. The Labute approximate surface area is 114 Å². The van der Waals surface area contributed by atoms with Crippen LogP contribution in [0.2, 0.25) is 0 Å². The molecule has 1 aliphatic carbocycles. The van der Waals surface area contributed by atoms with Crippen LogP contribution in [0.1, 0.15) is 23.2 Å². The lowest BCUT2D eigenvalue weighted by Gasteiger charge is -2.12. The number of ether oxygens (including phenoxy) is 1. The van der Waals surface area contributed by atoms with E-state index in [2.05, 4.69) is 10.1 Å². The zero-order valence-electron chi connectivity index (χ0n) is 10.6. The highest BCUT2D eigenvalue weighted by atomic mass is 19.4. The van der Waals surface area contributed by atoms with E-state index < -0.39 is 18.0 Å². The number of nitrogens with two attached hydrogens (primary N) is 1. The molecule has 0 radical (unpaired) electrons. The largest absolute Gasteiger partial charge is 0.573 e. The average Bonchev–Trinajstić information content (AvgIpc) is 3.18. The molecule has 1 fully saturated rings. The van der Waals surface area contributed by atoms with E-state index in [9.17, 15) is 18.0 Å². The Kier molecular flexibility index (Phi) is 4.17. The van der Waals surface area contributed by atoms with E-state index >= 15 is 0 Å². The number of nitrogens with one attached hydrogen (secondary N) is 1. The van der Waals surface area contributed by atoms with Crippen LogP contribution < -0.4 is 15.8 Å². The first-order valence-corrected chi connectivity index (χ1v) is 6.25. The third-order valence-corrected chi connectivity index (χ3v) is 3.06. The van der Waals surface area contributed by atoms with Gasteiger partial charge in [0.1, 0.15) is 5.75 Å². The first-order chi connectivity index (χ1) is 9.35. The van der Waals surface area contributed by atoms with Gasteiger partial charge in [-0.15, -0.1) is 13.2 Å². The van der Waals surface area contributed by atoms with Crippen molar-refractivity contribution in [1.29, 1.82) is 0 Å². The minimum atomic E-state index is -4.77. The van der Waals surface area contributed by atoms with Crippen LogP contribution in [0.25, 0.3) is 0 Å². The van der Waals surface area contributed by atoms with Gasteiger partial charge in [-0.25, -0.2) is 0 Å². The quantitative estimate of drug-likeness (QED) is 0.871. The lowest BCUT2D eigenvalue weighted by Crippen LogP contribution is -2.38. The van der Waals surface area contributed by atoms with Crippen LogP contribution in [0, 0.1) is 5.92 Å². The van der Waals surface area contributed by atoms with Crippen molar-refractivity contribution in [2.75, 3.05) is 6.54 Å². The number of rotatable bonds is 5. The van der Waals surface area contributed by atoms with E-state index in [1.165, 1.54) is 12.1 Å². The summed E-state index contributed by atoms with van der Waals surface area (Å²) in [5.41, 5.74) is 5.94. The number of halogens is 3. The van der Waals surface area contributed by atoms with Gasteiger partial charge in [-0.1, -0.05) is 6.07 Å². The third kappa shape index (κ3) is 4.41. The molecule has 1 saturated carbocycles. The Morgan fingerprint density at radius 2 is 2.15 bits per heavy atom. The Hall–Kier alpha value is -1.76. The molecule has 0 saturated heterocycles. The molecular formula is C13H15F3N2O2. The van der Waals surface area contributed by atoms with Gasteiger partial charge in [0.15, 0.2) is 0 Å². The normalized spacial score (nSPS) is 16.6. The van der Waals surface area contributed by atoms with Crippen molar-refractivity contribution in [3.63, 3.8) is 0 Å². The molecule has 7 heteroatoms. The van der Waals surface area contributed by atoms with E-state index in [1.54, 1.807) is 0 Å². The van der Waals surface area contributed by atoms with Gasteiger partial charge in [0.05, 0.1) is 0 Å². The molecule has 0 aliphatic heterocycles. The molecule has 1 aliphatic rings. The molecule has 3 N–H and O–H groups in total. The monoisotopic (exact) mass is 288 g/mol. The minimum absolute atomic E-state index is 0.103. The van der Waals surface area contributed by atoms with E-state index in [0.717, 1.165) is 25.0 Å². The fourth-order valence-corrected chi connectivity index (χ4v) is 1.84. The topological polar surface area (TPSA) is 64.3 Å². The van der Waals surface area contributed by atoms with E-state index in [0.29, 0.717) is 12.5 Å². The van der Waals surface area contributed by atoms with Crippen molar-refractivity contribution < 1.29 is 22.7 Å². The molecule has 1 aromatic carbocycles. The average molecular weight is 288 g/mol. The second-order valence-electron chi connectivity index (χ2n) is 4.79. The molecule has 0 heterocycles. The maximum absolute atomic E-state index is 12.1. The summed E-state index contributed by atoms with van der Waals surface area (Å²) in [6.07, 6.45) is -2.65. The molecule has 1 amide bonds. The number of alkyl halides is 3. The van der Waals surface area contributed by atoms with Crippen LogP contribution in [0.3, 0.4) is 0 Å². The Bertz CT molecular complexity index is 487. The fourth-order valence-electron chi connectivity index (χ4n) is 1.84. The predicted octanol–water partition coefficient (Wildman–Crippen LogP) is 2.05. The summed E-state index contributed by atoms with van der Waals surface area (Å²) in [7, 11) is 0. The van der Waals surface area contributed by atoms with Crippen molar-refractivity contribution in [3.8, 4) is 5.75 Å². The number of hydrogen-bond acceptors (Lipinski definition) is 3. The highest BCUT2D eigenvalue weighted by molar-refractivity contribution is 5.94. The van der Waals surface area contributed by atoms with Gasteiger partial charge in [0, 0.05) is 18.2 Å². The van der Waals surface area contributed by atoms with Crippen LogP contribution in [0.4, 0.5) is 13.2 Å². The van der Waals surface area contributed by atoms with Crippen LogP contribution in [-0.2, 0) is 0 Å². The minimum Gasteiger partial charge on any atom is -0.406 e. The molecule has 0 spiro atoms. The molecule has 1 aromatic rings. The summed E-state index contributed by atoms with van der Waals surface area (Å²) < 4.78 is 40.0. The predicted molar refractivity (Wildman–Crippen MR) is 66.2 cm³/mol. The highest BCUT2D eigenvalue weighted by Crippen LogP contribution is 2.31. The molecule has 1 unspecified atom stereocenters. The smallest absolute Gasteiger partial charge is 0.406 e. The number of carbonyl (C=O) groups is 1. The SMILES string of the molecule is NC(CNC(=O)c1cccc(OC(F)(F)F)c1)C1CC1. The Morgan fingerprint density at radius 3 is 2.75 bits per heavy atom. The zero-order valence-corrected chi connectivity index (χ0v) is 10.6. The molecule has 0 aromatic heterocycles. The van der Waals surface area contributed by atoms with Gasteiger partial charge in [0.25, 0.3) is 5.91 Å². The van der Waals surface area contributed by atoms with E-state index in [1.807, 2.05) is 0 Å². The molecule has 4 nitrogen and oxygen atoms in total. The number of carbonyl (C=O) groups excluding carboxylic acids is 1. The van der Waals surface area contributed by atoms with Crippen molar-refractivity contribution in [2.24, 2.45) is 11.7 Å². The number of amides is 1. The van der Waals surface area contributed by atoms with Crippen molar-refractivity contribution in [3.05, 3.63) is 29.8 Å². The molecule has 1 atom stereocenters. The molecule has 110 valence electrons. The highest BCUT2D eigenvalue weighted by Gasteiger charge is 2.31. The van der Waals surface area contributed by atoms with Gasteiger partial charge in [0.2, 0.25) is 0 Å². The van der Waals surface area contributed by atoms with E-state index in [4.69, 9.17) is 5.73 Å². The Morgan fingerprint density at radius 1 is 1.45 bits per heavy atom. The third-order valence-electron chi connectivity index (χ3n) is 3.06. The molecule has 2 rings (SSSR count). The lowest BCUT2D eigenvalue weighted by atomic mass is 10.1. The van der Waals surface area contributed by atoms with Crippen molar-refractivity contribution in [2.45, 2.75) is 25.2 Å². The van der Waals surface area contributed by atoms with Gasteiger partial charge in [-0.05, 0) is 37.0 Å². The van der Waals surface area contributed by atoms with E-state index in [-0.39, 0.29) is 11.6 Å². The van der Waals surface area contributed by atoms with Gasteiger partial charge >= 0.3 is 6.36 Å². The summed E-state index contributed by atoms with van der Waals surface area (Å²) in [6, 6.07) is 4.83. The standard InChI is InChI=1S/C13H15F3N2O2/c14-13(15,16)20-10-3-1-2-9(6-10)12(19)18-7-11(17)8-4-5-8/h1-3,6,8,11H,4-5,7,17H2,(H,18,19). The second kappa shape index (κ2) is 5.70. The van der Waals surface area contributed by atoms with Crippen molar-refractivity contribution >= 4 is 5.91 Å². The lowest BCUT2D eigenvalue weighted by molar-refractivity contribution is -0.274. The van der Waals surface area contributed by atoms with Crippen LogP contribution in [0.5, 0.6) is 5.75 Å². The van der Waals surface area contributed by atoms with Gasteiger partial charge in [-0.3, -0.25) is 4.79 Å². The second-order valence-corrected chi connectivity index (χ2v) is 4.79. The zero-order chi connectivity index (χ0) is 14.8. The molecule has 20 heavy (non-hydrogen) atoms. The summed E-state index contributed by atoms with van der Waals surface area (Å²) in [5, 5.41) is 2.61. The van der Waals surface area contributed by atoms with Gasteiger partial charge in [-0.2, -0.15) is 0 Å². The number of benzene rings is 1. The summed E-state index contributed by atoms with van der Waals surface area (Å²) >= 11 is 0. The first kappa shape index (κ1) is 14.6. The van der Waals surface area contributed by atoms with Crippen LogP contribution in [0.15, 0.2) is 24.3 Å². The molecule has 0 bridgehead atoms. The maximum Gasteiger partial charge on any atom is 0.573 e. The molecular weight excluding hydrogens is 273 g/mol. The fraction of sp³-hybridized carbons (Fsp3) is 0.462. The van der Waals surface area contributed by atoms with Crippen molar-refractivity contribution in [1.82, 2.24) is 5.32 Å². The number of hydrogen-bond donors (Lipinski definition) is 2. The maximum atomic E-state index is 12.1. The van der Waals surface area contributed by atoms with Gasteiger partial charge < -0.3 is 15.8 Å². The van der Waals surface area contributed by atoms with Crippen LogP contribution >= 0.6 is 0 Å².